The van der Waals surface area contributed by atoms with Crippen molar-refractivity contribution >= 4 is 64.4 Å². The molecule has 3 saturated heterocycles. The molecule has 2 unspecified atom stereocenters. The Labute approximate surface area is 407 Å². The lowest BCUT2D eigenvalue weighted by Gasteiger charge is -2.62. The summed E-state index contributed by atoms with van der Waals surface area (Å²) < 4.78 is 38.9. The Morgan fingerprint density at radius 2 is 1.72 bits per heavy atom. The van der Waals surface area contributed by atoms with Crippen LogP contribution >= 0.6 is 46.6 Å². The second-order valence-electron chi connectivity index (χ2n) is 17.4. The number of halogens is 3. The SMILES string of the molecule is COCOc1c(OC)c(C)cc2c1[C@@H]1C3CC4(O)C(=O)C(C)=C5OCOC5=C4[C@H](COC(=O)[C@@H](CSCC4c5ccccc5-c5ccccc54)NC(=O)OCC(Cl)(Cl)Cl)N3[C@@H](C#N)[C@@H](C2)N1C. The normalized spacial score (nSPS) is 25.6. The number of carbonyl (C=O) groups excluding carboxylic acids is 3. The highest BCUT2D eigenvalue weighted by atomic mass is 35.6. The van der Waals surface area contributed by atoms with Gasteiger partial charge < -0.3 is 43.6 Å². The Morgan fingerprint density at radius 1 is 1.03 bits per heavy atom. The van der Waals surface area contributed by atoms with Crippen molar-refractivity contribution in [1.29, 1.82) is 5.26 Å². The molecule has 0 aromatic heterocycles. The third kappa shape index (κ3) is 8.29. The third-order valence-corrected chi connectivity index (χ3v) is 15.2. The van der Waals surface area contributed by atoms with E-state index < -0.39 is 76.7 Å². The number of rotatable bonds is 13. The number of ether oxygens (including phenoxy) is 7. The molecule has 2 bridgehead atoms. The van der Waals surface area contributed by atoms with Gasteiger partial charge in [0, 0.05) is 59.7 Å². The van der Waals surface area contributed by atoms with Crippen molar-refractivity contribution < 1.29 is 52.6 Å². The number of hydrogen-bond acceptors (Lipinski definition) is 15. The number of thioether (sulfide) groups is 1. The van der Waals surface area contributed by atoms with Gasteiger partial charge in [0.2, 0.25) is 10.6 Å². The van der Waals surface area contributed by atoms with Crippen molar-refractivity contribution in [2.45, 2.75) is 78.3 Å². The first-order chi connectivity index (χ1) is 32.1. The van der Waals surface area contributed by atoms with E-state index in [1.54, 1.807) is 14.0 Å². The Balaban J connectivity index is 1.07. The number of fused-ring (bicyclic) bond motifs is 11. The van der Waals surface area contributed by atoms with Gasteiger partial charge in [-0.05, 0) is 60.7 Å². The highest BCUT2D eigenvalue weighted by Crippen LogP contribution is 2.57. The van der Waals surface area contributed by atoms with Crippen LogP contribution in [0.15, 0.2) is 77.3 Å². The Bertz CT molecular complexity index is 2570. The summed E-state index contributed by atoms with van der Waals surface area (Å²) in [7, 11) is 4.99. The molecule has 9 rings (SSSR count). The van der Waals surface area contributed by atoms with Crippen molar-refractivity contribution in [1.82, 2.24) is 15.1 Å². The minimum absolute atomic E-state index is 0.00728. The van der Waals surface area contributed by atoms with E-state index in [9.17, 15) is 24.8 Å². The molecule has 1 amide bonds. The van der Waals surface area contributed by atoms with Crippen LogP contribution in [0.1, 0.15) is 53.1 Å². The number of aryl methyl sites for hydroxylation is 1. The average Bonchev–Trinajstić information content (AvgIpc) is 3.91. The van der Waals surface area contributed by atoms with Gasteiger partial charge in [0.05, 0.1) is 25.3 Å². The van der Waals surface area contributed by atoms with E-state index in [-0.39, 0.29) is 54.3 Å². The van der Waals surface area contributed by atoms with Crippen LogP contribution in [-0.4, -0.2) is 132 Å². The fourth-order valence-corrected chi connectivity index (χ4v) is 12.4. The highest BCUT2D eigenvalue weighted by molar-refractivity contribution is 7.99. The van der Waals surface area contributed by atoms with Gasteiger partial charge in [-0.1, -0.05) is 89.4 Å². The van der Waals surface area contributed by atoms with E-state index in [1.165, 1.54) is 18.9 Å². The molecule has 3 aromatic rings. The maximum absolute atomic E-state index is 14.6. The molecule has 4 heterocycles. The van der Waals surface area contributed by atoms with Gasteiger partial charge in [-0.15, -0.1) is 0 Å². The molecule has 0 radical (unpaired) electrons. The van der Waals surface area contributed by atoms with Crippen LogP contribution in [0.25, 0.3) is 11.1 Å². The first-order valence-electron chi connectivity index (χ1n) is 21.7. The molecule has 354 valence electrons. The summed E-state index contributed by atoms with van der Waals surface area (Å²) in [5, 5.41) is 26.8. The zero-order valence-electron chi connectivity index (χ0n) is 37.3. The zero-order chi connectivity index (χ0) is 47.5. The number of piperidine rings is 1. The molecule has 4 aliphatic heterocycles. The van der Waals surface area contributed by atoms with Crippen molar-refractivity contribution in [3.63, 3.8) is 0 Å². The molecule has 67 heavy (non-hydrogen) atoms. The third-order valence-electron chi connectivity index (χ3n) is 13.7. The Kier molecular flexibility index (Phi) is 13.2. The minimum Gasteiger partial charge on any atom is -0.493 e. The zero-order valence-corrected chi connectivity index (χ0v) is 40.4. The topological polar surface area (TPSA) is 178 Å². The van der Waals surface area contributed by atoms with Crippen LogP contribution in [0.5, 0.6) is 11.5 Å². The second kappa shape index (κ2) is 18.7. The first-order valence-corrected chi connectivity index (χ1v) is 24.0. The number of benzene rings is 3. The van der Waals surface area contributed by atoms with E-state index in [1.807, 2.05) is 49.2 Å². The Hall–Kier alpha value is -4.70. The molecular formula is C48H49Cl3N4O11S. The number of nitrogens with zero attached hydrogens (tertiary/aromatic N) is 3. The van der Waals surface area contributed by atoms with Gasteiger partial charge in [0.15, 0.2) is 41.2 Å². The fraction of sp³-hybridized carbons (Fsp3) is 0.458. The van der Waals surface area contributed by atoms with E-state index in [0.717, 1.165) is 38.9 Å². The summed E-state index contributed by atoms with van der Waals surface area (Å²) >= 11 is 19.1. The van der Waals surface area contributed by atoms with Gasteiger partial charge in [-0.25, -0.2) is 9.59 Å². The van der Waals surface area contributed by atoms with Crippen LogP contribution in [-0.2, 0) is 39.7 Å². The van der Waals surface area contributed by atoms with Crippen molar-refractivity contribution in [3.8, 4) is 28.7 Å². The van der Waals surface area contributed by atoms with Crippen molar-refractivity contribution in [2.75, 3.05) is 59.6 Å². The standard InChI is InChI=1S/C48H49Cl3N4O11S/c1-24-14-26-15-33-35(17-52)55-34(39(54(33)3)37(26)42(40(24)61-5)64-22-60-4)16-47(59)38(43-41(65-23-66-43)25(2)44(47)56)36(55)18-62-45(57)32(53-46(58)63-21-48(49,50)51)20-67-19-31-29-12-8-6-10-27(29)28-11-7-9-13-30(28)31/h6-14,31-36,39,59H,15-16,18-23H2,1-5H3,(H,53,58)/t32-,33-,34?,35+,36+,39+,47?/m1/s1. The van der Waals surface area contributed by atoms with E-state index in [2.05, 4.69) is 40.6 Å². The summed E-state index contributed by atoms with van der Waals surface area (Å²) in [5.74, 6) is 0.441. The maximum Gasteiger partial charge on any atom is 0.408 e. The summed E-state index contributed by atoms with van der Waals surface area (Å²) in [4.78, 5) is 46.4. The number of ketones is 1. The molecule has 2 N–H and O–H groups in total. The largest absolute Gasteiger partial charge is 0.493 e. The number of aliphatic hydroxyl groups is 1. The lowest BCUT2D eigenvalue weighted by molar-refractivity contribution is -0.159. The molecule has 6 aliphatic rings. The number of Topliss-reactive ketones (excluding diaryl/α,β-unsaturated/α-hetero) is 1. The predicted molar refractivity (Wildman–Crippen MR) is 249 cm³/mol. The van der Waals surface area contributed by atoms with Crippen LogP contribution in [0.4, 0.5) is 4.79 Å². The summed E-state index contributed by atoms with van der Waals surface area (Å²) in [6.07, 6.45) is -0.751. The van der Waals surface area contributed by atoms with E-state index in [4.69, 9.17) is 68.0 Å². The number of carbonyl (C=O) groups is 3. The molecular weight excluding hydrogens is 947 g/mol. The van der Waals surface area contributed by atoms with E-state index in [0.29, 0.717) is 23.7 Å². The van der Waals surface area contributed by atoms with Gasteiger partial charge in [0.25, 0.3) is 0 Å². The van der Waals surface area contributed by atoms with Gasteiger partial charge >= 0.3 is 12.1 Å². The summed E-state index contributed by atoms with van der Waals surface area (Å²) in [6, 6.07) is 16.0. The lowest BCUT2D eigenvalue weighted by Crippen LogP contribution is -2.74. The highest BCUT2D eigenvalue weighted by Gasteiger charge is 2.64. The molecule has 3 fully saturated rings. The average molecular weight is 996 g/mol. The van der Waals surface area contributed by atoms with Crippen LogP contribution in [0.2, 0.25) is 0 Å². The van der Waals surface area contributed by atoms with Gasteiger partial charge in [-0.3, -0.25) is 14.6 Å². The predicted octanol–water partition coefficient (Wildman–Crippen LogP) is 6.63. The monoisotopic (exact) mass is 994 g/mol. The maximum atomic E-state index is 14.6. The molecule has 0 saturated carbocycles. The Morgan fingerprint density at radius 3 is 2.37 bits per heavy atom. The molecule has 15 nitrogen and oxygen atoms in total. The van der Waals surface area contributed by atoms with Gasteiger partial charge in [0.1, 0.15) is 25.3 Å². The molecule has 3 aromatic carbocycles. The van der Waals surface area contributed by atoms with Crippen LogP contribution < -0.4 is 14.8 Å². The number of nitriles is 1. The van der Waals surface area contributed by atoms with Crippen molar-refractivity contribution in [2.24, 2.45) is 0 Å². The molecule has 19 heteroatoms. The van der Waals surface area contributed by atoms with Crippen molar-refractivity contribution in [3.05, 3.63) is 105 Å². The number of methoxy groups -OCH3 is 2. The summed E-state index contributed by atoms with van der Waals surface area (Å²) in [6.45, 7) is 2.12. The number of likely N-dealkylation sites (N-methyl/N-ethyl adjacent to an activating group) is 1. The fourth-order valence-electron chi connectivity index (χ4n) is 11.0. The number of amides is 1. The number of alkyl carbamates (subject to hydrolysis) is 1. The van der Waals surface area contributed by atoms with E-state index >= 15 is 0 Å². The molecule has 7 atom stereocenters. The van der Waals surface area contributed by atoms with Crippen LogP contribution in [0, 0.1) is 18.3 Å². The van der Waals surface area contributed by atoms with Crippen LogP contribution in [0.3, 0.4) is 0 Å². The quantitative estimate of drug-likeness (QED) is 0.106. The first kappa shape index (κ1) is 47.4. The number of alkyl halides is 3. The number of esters is 1. The second-order valence-corrected chi connectivity index (χ2v) is 21.0. The summed E-state index contributed by atoms with van der Waals surface area (Å²) in [5.41, 5.74) is 5.22. The number of hydrogen-bond donors (Lipinski definition) is 2. The smallest absolute Gasteiger partial charge is 0.408 e. The number of piperazine rings is 1. The minimum atomic E-state index is -2.18. The molecule has 2 aliphatic carbocycles. The van der Waals surface area contributed by atoms with Gasteiger partial charge in [-0.2, -0.15) is 17.0 Å². The molecule has 0 spiro atoms. The number of nitrogens with one attached hydrogen (secondary N) is 1. The lowest BCUT2D eigenvalue weighted by atomic mass is 9.65.